The normalized spacial score (nSPS) is 17.8. The van der Waals surface area contributed by atoms with Crippen molar-refractivity contribution in [3.05, 3.63) is 88.0 Å². The molecule has 0 amide bonds. The number of ether oxygens (including phenoxy) is 1. The van der Waals surface area contributed by atoms with Crippen LogP contribution < -0.4 is 9.64 Å². The topological polar surface area (TPSA) is 24.8 Å². The molecule has 4 rings (SSSR count). The number of para-hydroxylation sites is 1. The summed E-state index contributed by atoms with van der Waals surface area (Å²) < 4.78 is 6.55. The molecule has 0 aliphatic carbocycles. The Balaban J connectivity index is 1.69. The SMILES string of the molecule is COc1ccc(N2C(=Nc3ccccc3)CC2c2ccc(I)cc2)cc1. The number of benzene rings is 3. The number of rotatable bonds is 4. The molecular weight excluding hydrogens is 435 g/mol. The molecule has 1 unspecified atom stereocenters. The van der Waals surface area contributed by atoms with Gasteiger partial charge < -0.3 is 9.64 Å². The van der Waals surface area contributed by atoms with E-state index in [9.17, 15) is 0 Å². The van der Waals surface area contributed by atoms with Crippen molar-refractivity contribution in [2.45, 2.75) is 12.5 Å². The van der Waals surface area contributed by atoms with E-state index in [1.54, 1.807) is 7.11 Å². The number of methoxy groups -OCH3 is 1. The molecule has 0 N–H and O–H groups in total. The summed E-state index contributed by atoms with van der Waals surface area (Å²) in [6.07, 6.45) is 0.932. The van der Waals surface area contributed by atoms with Crippen LogP contribution in [0.3, 0.4) is 0 Å². The van der Waals surface area contributed by atoms with E-state index in [-0.39, 0.29) is 0 Å². The third-order valence-corrected chi connectivity index (χ3v) is 5.30. The zero-order valence-corrected chi connectivity index (χ0v) is 16.6. The lowest BCUT2D eigenvalue weighted by Crippen LogP contribution is -2.46. The van der Waals surface area contributed by atoms with Gasteiger partial charge in [-0.3, -0.25) is 0 Å². The predicted molar refractivity (Wildman–Crippen MR) is 116 cm³/mol. The molecule has 0 saturated carbocycles. The first-order valence-corrected chi connectivity index (χ1v) is 9.64. The van der Waals surface area contributed by atoms with Gasteiger partial charge in [0.2, 0.25) is 0 Å². The number of anilines is 1. The van der Waals surface area contributed by atoms with Crippen LogP contribution in [0.25, 0.3) is 0 Å². The Hall–Kier alpha value is -2.34. The van der Waals surface area contributed by atoms with Gasteiger partial charge in [-0.25, -0.2) is 4.99 Å². The van der Waals surface area contributed by atoms with Crippen molar-refractivity contribution in [3.63, 3.8) is 0 Å². The predicted octanol–water partition coefficient (Wildman–Crippen LogP) is 5.98. The van der Waals surface area contributed by atoms with E-state index in [2.05, 4.69) is 63.9 Å². The van der Waals surface area contributed by atoms with Crippen LogP contribution in [0.1, 0.15) is 18.0 Å². The van der Waals surface area contributed by atoms with E-state index in [0.29, 0.717) is 6.04 Å². The van der Waals surface area contributed by atoms with E-state index < -0.39 is 0 Å². The summed E-state index contributed by atoms with van der Waals surface area (Å²) in [7, 11) is 1.69. The van der Waals surface area contributed by atoms with Crippen LogP contribution in [-0.4, -0.2) is 12.9 Å². The number of hydrogen-bond donors (Lipinski definition) is 0. The molecule has 4 heteroatoms. The average Bonchev–Trinajstić information content (AvgIpc) is 2.67. The Morgan fingerprint density at radius 1 is 0.923 bits per heavy atom. The minimum atomic E-state index is 0.308. The summed E-state index contributed by atoms with van der Waals surface area (Å²) in [6.45, 7) is 0. The summed E-state index contributed by atoms with van der Waals surface area (Å²) in [4.78, 5) is 7.18. The van der Waals surface area contributed by atoms with Crippen molar-refractivity contribution in [1.82, 2.24) is 0 Å². The summed E-state index contributed by atoms with van der Waals surface area (Å²) >= 11 is 2.34. The maximum atomic E-state index is 5.30. The zero-order valence-electron chi connectivity index (χ0n) is 14.5. The van der Waals surface area contributed by atoms with Crippen molar-refractivity contribution in [2.24, 2.45) is 4.99 Å². The monoisotopic (exact) mass is 454 g/mol. The van der Waals surface area contributed by atoms with Crippen molar-refractivity contribution in [3.8, 4) is 5.75 Å². The Bertz CT molecular complexity index is 905. The van der Waals surface area contributed by atoms with Crippen LogP contribution in [0.15, 0.2) is 83.9 Å². The molecule has 0 aromatic heterocycles. The molecule has 1 heterocycles. The van der Waals surface area contributed by atoms with E-state index >= 15 is 0 Å². The summed E-state index contributed by atoms with van der Waals surface area (Å²) in [5.41, 5.74) is 3.44. The Morgan fingerprint density at radius 2 is 1.62 bits per heavy atom. The van der Waals surface area contributed by atoms with Gasteiger partial charge in [0.05, 0.1) is 18.8 Å². The Kier molecular flexibility index (Phi) is 4.93. The second-order valence-corrected chi connectivity index (χ2v) is 7.45. The standard InChI is InChI=1S/C22H19IN2O/c1-26-20-13-11-19(12-14-20)25-21(16-7-9-17(23)10-8-16)15-22(25)24-18-5-3-2-4-6-18/h2-14,21H,15H2,1H3. The smallest absolute Gasteiger partial charge is 0.119 e. The highest BCUT2D eigenvalue weighted by Crippen LogP contribution is 2.41. The van der Waals surface area contributed by atoms with Crippen molar-refractivity contribution in [1.29, 1.82) is 0 Å². The van der Waals surface area contributed by atoms with Gasteiger partial charge in [-0.1, -0.05) is 30.3 Å². The number of nitrogens with zero attached hydrogens (tertiary/aromatic N) is 2. The first-order chi connectivity index (χ1) is 12.7. The molecule has 0 spiro atoms. The van der Waals surface area contributed by atoms with Gasteiger partial charge in [-0.2, -0.15) is 0 Å². The molecule has 0 radical (unpaired) electrons. The van der Waals surface area contributed by atoms with E-state index in [0.717, 1.165) is 29.4 Å². The van der Waals surface area contributed by atoms with E-state index in [4.69, 9.17) is 9.73 Å². The highest BCUT2D eigenvalue weighted by Gasteiger charge is 2.36. The zero-order chi connectivity index (χ0) is 17.9. The lowest BCUT2D eigenvalue weighted by molar-refractivity contribution is 0.415. The number of halogens is 1. The number of aliphatic imine (C=N–C) groups is 1. The second kappa shape index (κ2) is 7.50. The van der Waals surface area contributed by atoms with Crippen LogP contribution in [-0.2, 0) is 0 Å². The van der Waals surface area contributed by atoms with Crippen LogP contribution in [0.4, 0.5) is 11.4 Å². The molecule has 3 aromatic carbocycles. The largest absolute Gasteiger partial charge is 0.497 e. The summed E-state index contributed by atoms with van der Waals surface area (Å²) in [6, 6.07) is 27.4. The van der Waals surface area contributed by atoms with Crippen LogP contribution >= 0.6 is 22.6 Å². The van der Waals surface area contributed by atoms with Crippen LogP contribution in [0, 0.1) is 3.57 Å². The molecule has 3 aromatic rings. The summed E-state index contributed by atoms with van der Waals surface area (Å²) in [5, 5.41) is 0. The molecule has 1 atom stereocenters. The summed E-state index contributed by atoms with van der Waals surface area (Å²) in [5.74, 6) is 1.95. The molecule has 0 bridgehead atoms. The quantitative estimate of drug-likeness (QED) is 0.453. The van der Waals surface area contributed by atoms with Crippen molar-refractivity contribution >= 4 is 39.8 Å². The second-order valence-electron chi connectivity index (χ2n) is 6.20. The van der Waals surface area contributed by atoms with Crippen molar-refractivity contribution in [2.75, 3.05) is 12.0 Å². The van der Waals surface area contributed by atoms with Gasteiger partial charge in [0.25, 0.3) is 0 Å². The van der Waals surface area contributed by atoms with Gasteiger partial charge in [0.15, 0.2) is 0 Å². The van der Waals surface area contributed by atoms with Gasteiger partial charge >= 0.3 is 0 Å². The Morgan fingerprint density at radius 3 is 2.27 bits per heavy atom. The maximum Gasteiger partial charge on any atom is 0.119 e. The minimum Gasteiger partial charge on any atom is -0.497 e. The molecule has 3 nitrogen and oxygen atoms in total. The molecule has 1 aliphatic heterocycles. The lowest BCUT2D eigenvalue weighted by atomic mass is 9.92. The molecule has 130 valence electrons. The molecule has 26 heavy (non-hydrogen) atoms. The average molecular weight is 454 g/mol. The van der Waals surface area contributed by atoms with Gasteiger partial charge in [0, 0.05) is 15.7 Å². The molecular formula is C22H19IN2O. The van der Waals surface area contributed by atoms with E-state index in [1.807, 2.05) is 42.5 Å². The highest BCUT2D eigenvalue weighted by molar-refractivity contribution is 14.1. The maximum absolute atomic E-state index is 5.30. The number of hydrogen-bond acceptors (Lipinski definition) is 2. The highest BCUT2D eigenvalue weighted by atomic mass is 127. The fraction of sp³-hybridized carbons (Fsp3) is 0.136. The first-order valence-electron chi connectivity index (χ1n) is 8.56. The molecule has 1 saturated heterocycles. The van der Waals surface area contributed by atoms with Gasteiger partial charge in [-0.15, -0.1) is 0 Å². The lowest BCUT2D eigenvalue weighted by Gasteiger charge is -2.44. The molecule has 1 fully saturated rings. The van der Waals surface area contributed by atoms with Gasteiger partial charge in [-0.05, 0) is 76.7 Å². The minimum absolute atomic E-state index is 0.308. The van der Waals surface area contributed by atoms with Crippen LogP contribution in [0.5, 0.6) is 5.75 Å². The third-order valence-electron chi connectivity index (χ3n) is 4.59. The Labute approximate surface area is 167 Å². The van der Waals surface area contributed by atoms with Crippen LogP contribution in [0.2, 0.25) is 0 Å². The first kappa shape index (κ1) is 17.1. The molecule has 1 aliphatic rings. The third kappa shape index (κ3) is 3.46. The fourth-order valence-corrected chi connectivity index (χ4v) is 3.56. The fourth-order valence-electron chi connectivity index (χ4n) is 3.20. The number of amidine groups is 1. The van der Waals surface area contributed by atoms with E-state index in [1.165, 1.54) is 9.13 Å². The van der Waals surface area contributed by atoms with Crippen molar-refractivity contribution < 1.29 is 4.74 Å². The van der Waals surface area contributed by atoms with Gasteiger partial charge in [0.1, 0.15) is 11.6 Å².